The Hall–Kier alpha value is -1.43. The van der Waals surface area contributed by atoms with Crippen LogP contribution in [0.5, 0.6) is 0 Å². The minimum Gasteiger partial charge on any atom is -0.480 e. The van der Waals surface area contributed by atoms with Crippen molar-refractivity contribution in [1.82, 2.24) is 10.2 Å². The monoisotopic (exact) mass is 280 g/mol. The minimum absolute atomic E-state index is 0.190. The number of methoxy groups -OCH3 is 1. The van der Waals surface area contributed by atoms with Gasteiger partial charge in [-0.2, -0.15) is 0 Å². The van der Waals surface area contributed by atoms with Crippen LogP contribution < -0.4 is 5.32 Å². The molecule has 5 heteroatoms. The molecular formula is C15H24N2O3. The van der Waals surface area contributed by atoms with Crippen molar-refractivity contribution in [3.8, 4) is 0 Å². The van der Waals surface area contributed by atoms with E-state index in [1.807, 2.05) is 18.2 Å². The van der Waals surface area contributed by atoms with Crippen LogP contribution in [0.3, 0.4) is 0 Å². The third kappa shape index (κ3) is 6.65. The van der Waals surface area contributed by atoms with Gasteiger partial charge in [0.15, 0.2) is 0 Å². The molecule has 112 valence electrons. The van der Waals surface area contributed by atoms with Crippen molar-refractivity contribution in [1.29, 1.82) is 0 Å². The lowest BCUT2D eigenvalue weighted by atomic mass is 10.2. The number of ether oxygens (including phenoxy) is 1. The van der Waals surface area contributed by atoms with Gasteiger partial charge < -0.3 is 20.1 Å². The summed E-state index contributed by atoms with van der Waals surface area (Å²) in [6.07, 6.45) is 0.900. The standard InChI is InChI=1S/C15H24N2O3/c1-17(11-13-7-4-3-5-8-13)10-6-9-16-14(12-20-2)15(18)19/h3-5,7-8,14,16H,6,9-12H2,1-2H3,(H,18,19). The van der Waals surface area contributed by atoms with Gasteiger partial charge in [-0.05, 0) is 32.1 Å². The number of hydrogen-bond donors (Lipinski definition) is 2. The van der Waals surface area contributed by atoms with E-state index in [2.05, 4.69) is 29.4 Å². The van der Waals surface area contributed by atoms with Gasteiger partial charge in [0.25, 0.3) is 0 Å². The quantitative estimate of drug-likeness (QED) is 0.631. The van der Waals surface area contributed by atoms with E-state index in [9.17, 15) is 4.79 Å². The van der Waals surface area contributed by atoms with Crippen molar-refractivity contribution < 1.29 is 14.6 Å². The van der Waals surface area contributed by atoms with Gasteiger partial charge in [-0.3, -0.25) is 4.79 Å². The molecule has 5 nitrogen and oxygen atoms in total. The highest BCUT2D eigenvalue weighted by Gasteiger charge is 2.15. The molecular weight excluding hydrogens is 256 g/mol. The predicted molar refractivity (Wildman–Crippen MR) is 78.7 cm³/mol. The molecule has 0 saturated carbocycles. The molecule has 2 N–H and O–H groups in total. The summed E-state index contributed by atoms with van der Waals surface area (Å²) in [5, 5.41) is 11.9. The van der Waals surface area contributed by atoms with Crippen molar-refractivity contribution >= 4 is 5.97 Å². The molecule has 1 aromatic rings. The number of carboxylic acid groups (broad SMARTS) is 1. The number of aliphatic carboxylic acids is 1. The topological polar surface area (TPSA) is 61.8 Å². The average molecular weight is 280 g/mol. The van der Waals surface area contributed by atoms with Crippen LogP contribution in [0.1, 0.15) is 12.0 Å². The molecule has 0 fully saturated rings. The zero-order valence-electron chi connectivity index (χ0n) is 12.2. The van der Waals surface area contributed by atoms with E-state index in [-0.39, 0.29) is 6.61 Å². The summed E-state index contributed by atoms with van der Waals surface area (Å²) in [4.78, 5) is 13.1. The summed E-state index contributed by atoms with van der Waals surface area (Å²) in [6.45, 7) is 2.68. The van der Waals surface area contributed by atoms with Crippen LogP contribution in [0.25, 0.3) is 0 Å². The average Bonchev–Trinajstić information content (AvgIpc) is 2.43. The Morgan fingerprint density at radius 3 is 2.70 bits per heavy atom. The van der Waals surface area contributed by atoms with Crippen molar-refractivity contribution in [2.45, 2.75) is 19.0 Å². The second kappa shape index (κ2) is 9.47. The largest absolute Gasteiger partial charge is 0.480 e. The normalized spacial score (nSPS) is 12.6. The van der Waals surface area contributed by atoms with Crippen LogP contribution in [0.4, 0.5) is 0 Å². The highest BCUT2D eigenvalue weighted by Crippen LogP contribution is 2.02. The molecule has 1 atom stereocenters. The summed E-state index contributed by atoms with van der Waals surface area (Å²) in [6, 6.07) is 9.66. The van der Waals surface area contributed by atoms with Gasteiger partial charge in [-0.15, -0.1) is 0 Å². The second-order valence-electron chi connectivity index (χ2n) is 4.88. The number of carbonyl (C=O) groups is 1. The summed E-state index contributed by atoms with van der Waals surface area (Å²) >= 11 is 0. The number of rotatable bonds is 10. The van der Waals surface area contributed by atoms with Gasteiger partial charge in [0.2, 0.25) is 0 Å². The van der Waals surface area contributed by atoms with Crippen LogP contribution in [-0.2, 0) is 16.1 Å². The van der Waals surface area contributed by atoms with Crippen LogP contribution in [0.15, 0.2) is 30.3 Å². The maximum Gasteiger partial charge on any atom is 0.323 e. The first-order valence-corrected chi connectivity index (χ1v) is 6.81. The molecule has 0 amide bonds. The zero-order valence-corrected chi connectivity index (χ0v) is 12.2. The third-order valence-electron chi connectivity index (χ3n) is 3.03. The fraction of sp³-hybridized carbons (Fsp3) is 0.533. The van der Waals surface area contributed by atoms with Crippen molar-refractivity contribution in [3.63, 3.8) is 0 Å². The lowest BCUT2D eigenvalue weighted by Crippen LogP contribution is -2.41. The third-order valence-corrected chi connectivity index (χ3v) is 3.03. The molecule has 1 rings (SSSR count). The highest BCUT2D eigenvalue weighted by molar-refractivity contribution is 5.73. The smallest absolute Gasteiger partial charge is 0.323 e. The Kier molecular flexibility index (Phi) is 7.87. The van der Waals surface area contributed by atoms with E-state index in [1.165, 1.54) is 12.7 Å². The second-order valence-corrected chi connectivity index (χ2v) is 4.88. The van der Waals surface area contributed by atoms with Gasteiger partial charge in [0.1, 0.15) is 6.04 Å². The maximum atomic E-state index is 10.9. The number of carboxylic acids is 1. The Bertz CT molecular complexity index is 384. The van der Waals surface area contributed by atoms with E-state index >= 15 is 0 Å². The first-order valence-electron chi connectivity index (χ1n) is 6.81. The van der Waals surface area contributed by atoms with Gasteiger partial charge in [0.05, 0.1) is 6.61 Å². The SMILES string of the molecule is COCC(NCCCN(C)Cc1ccccc1)C(=O)O. The first kappa shape index (κ1) is 16.6. The van der Waals surface area contributed by atoms with Crippen molar-refractivity contribution in [2.24, 2.45) is 0 Å². The minimum atomic E-state index is -0.871. The molecule has 0 bridgehead atoms. The van der Waals surface area contributed by atoms with E-state index in [4.69, 9.17) is 9.84 Å². The first-order chi connectivity index (χ1) is 9.63. The summed E-state index contributed by atoms with van der Waals surface area (Å²) in [5.74, 6) is -0.871. The van der Waals surface area contributed by atoms with Crippen LogP contribution in [0.2, 0.25) is 0 Å². The van der Waals surface area contributed by atoms with Gasteiger partial charge >= 0.3 is 5.97 Å². The van der Waals surface area contributed by atoms with Crippen LogP contribution >= 0.6 is 0 Å². The summed E-state index contributed by atoms with van der Waals surface area (Å²) in [5.41, 5.74) is 1.28. The molecule has 0 aliphatic rings. The van der Waals surface area contributed by atoms with Gasteiger partial charge in [0, 0.05) is 13.7 Å². The van der Waals surface area contributed by atoms with Gasteiger partial charge in [-0.25, -0.2) is 0 Å². The molecule has 1 unspecified atom stereocenters. The van der Waals surface area contributed by atoms with E-state index < -0.39 is 12.0 Å². The molecule has 0 spiro atoms. The Morgan fingerprint density at radius 1 is 1.40 bits per heavy atom. The fourth-order valence-electron chi connectivity index (χ4n) is 1.98. The Balaban J connectivity index is 2.18. The van der Waals surface area contributed by atoms with E-state index in [0.29, 0.717) is 6.54 Å². The van der Waals surface area contributed by atoms with Crippen molar-refractivity contribution in [3.05, 3.63) is 35.9 Å². The molecule has 0 heterocycles. The number of nitrogens with one attached hydrogen (secondary N) is 1. The molecule has 0 aromatic heterocycles. The van der Waals surface area contributed by atoms with Crippen molar-refractivity contribution in [2.75, 3.05) is 33.9 Å². The fourth-order valence-corrected chi connectivity index (χ4v) is 1.98. The number of hydrogen-bond acceptors (Lipinski definition) is 4. The van der Waals surface area contributed by atoms with E-state index in [1.54, 1.807) is 0 Å². The molecule has 0 radical (unpaired) electrons. The number of nitrogens with zero attached hydrogens (tertiary/aromatic N) is 1. The summed E-state index contributed by atoms with van der Waals surface area (Å²) in [7, 11) is 3.57. The molecule has 1 aromatic carbocycles. The zero-order chi connectivity index (χ0) is 14.8. The molecule has 20 heavy (non-hydrogen) atoms. The highest BCUT2D eigenvalue weighted by atomic mass is 16.5. The number of benzene rings is 1. The molecule has 0 aliphatic carbocycles. The predicted octanol–water partition coefficient (Wildman–Crippen LogP) is 1.20. The molecule has 0 saturated heterocycles. The van der Waals surface area contributed by atoms with Crippen LogP contribution in [0, 0.1) is 0 Å². The lowest BCUT2D eigenvalue weighted by Gasteiger charge is -2.18. The molecule has 0 aliphatic heterocycles. The van der Waals surface area contributed by atoms with E-state index in [0.717, 1.165) is 19.5 Å². The summed E-state index contributed by atoms with van der Waals surface area (Å²) < 4.78 is 4.87. The van der Waals surface area contributed by atoms with Gasteiger partial charge in [-0.1, -0.05) is 30.3 Å². The Labute approximate surface area is 120 Å². The van der Waals surface area contributed by atoms with Crippen LogP contribution in [-0.4, -0.2) is 55.9 Å². The lowest BCUT2D eigenvalue weighted by molar-refractivity contribution is -0.140. The maximum absolute atomic E-state index is 10.9. The Morgan fingerprint density at radius 2 is 2.10 bits per heavy atom.